The second kappa shape index (κ2) is 56.7. The van der Waals surface area contributed by atoms with Crippen molar-refractivity contribution < 1.29 is 28.6 Å². The lowest BCUT2D eigenvalue weighted by Crippen LogP contribution is -2.30. The van der Waals surface area contributed by atoms with Crippen molar-refractivity contribution in [1.82, 2.24) is 0 Å². The molecule has 1 unspecified atom stereocenters. The van der Waals surface area contributed by atoms with Gasteiger partial charge in [0.2, 0.25) is 0 Å². The van der Waals surface area contributed by atoms with Gasteiger partial charge in [0.25, 0.3) is 0 Å². The van der Waals surface area contributed by atoms with Crippen molar-refractivity contribution in [3.63, 3.8) is 0 Å². The highest BCUT2D eigenvalue weighted by Gasteiger charge is 2.19. The summed E-state index contributed by atoms with van der Waals surface area (Å²) in [4.78, 5) is 38.2. The molecule has 6 nitrogen and oxygen atoms in total. The monoisotopic (exact) mass is 957 g/mol. The van der Waals surface area contributed by atoms with Gasteiger partial charge < -0.3 is 14.2 Å². The number of allylic oxidation sites excluding steroid dienone is 18. The van der Waals surface area contributed by atoms with E-state index in [1.54, 1.807) is 0 Å². The van der Waals surface area contributed by atoms with Crippen LogP contribution in [-0.2, 0) is 28.6 Å². The third-order valence-corrected chi connectivity index (χ3v) is 11.8. The molecule has 0 amide bonds. The molecule has 0 saturated carbocycles. The smallest absolute Gasteiger partial charge is 0.306 e. The Morgan fingerprint density at radius 1 is 0.319 bits per heavy atom. The van der Waals surface area contributed by atoms with Crippen LogP contribution in [0.15, 0.2) is 109 Å². The van der Waals surface area contributed by atoms with Crippen LogP contribution in [0, 0.1) is 0 Å². The Labute approximate surface area is 425 Å². The van der Waals surface area contributed by atoms with E-state index in [9.17, 15) is 14.4 Å². The number of hydrogen-bond donors (Lipinski definition) is 0. The molecular weight excluding hydrogens is 853 g/mol. The minimum absolute atomic E-state index is 0.104. The standard InChI is InChI=1S/C63H104O6/c1-4-7-10-13-16-19-22-25-28-31-33-35-38-41-44-47-50-53-56-62(65)68-59-60(58-67-61(64)55-52-49-46-43-40-37-34-30-27-24-21-18-15-12-9-6-3)69-63(66)57-54-51-48-45-42-39-36-32-29-26-23-20-17-14-11-8-5-2/h9,12,17-18,20-22,25-31,33,35,37,40,60H,4-8,10-11,13-16,19,23-24,32,34,36,38-39,41-59H2,1-3H3/b12-9-,20-17-,21-18-,25-22-,29-26-,30-27-,31-28-,35-33-,40-37-. The van der Waals surface area contributed by atoms with E-state index in [1.165, 1.54) is 83.5 Å². The van der Waals surface area contributed by atoms with Gasteiger partial charge in [-0.1, -0.05) is 226 Å². The average molecular weight is 958 g/mol. The second-order valence-electron chi connectivity index (χ2n) is 18.5. The van der Waals surface area contributed by atoms with Gasteiger partial charge in [-0.05, 0) is 116 Å². The number of rotatable bonds is 50. The summed E-state index contributed by atoms with van der Waals surface area (Å²) in [5.41, 5.74) is 0. The number of esters is 3. The summed E-state index contributed by atoms with van der Waals surface area (Å²) >= 11 is 0. The molecule has 0 aromatic heterocycles. The first kappa shape index (κ1) is 65.1. The summed E-state index contributed by atoms with van der Waals surface area (Å²) in [6.45, 7) is 6.43. The van der Waals surface area contributed by atoms with Gasteiger partial charge >= 0.3 is 17.9 Å². The molecule has 392 valence electrons. The zero-order valence-corrected chi connectivity index (χ0v) is 44.8. The summed E-state index contributed by atoms with van der Waals surface area (Å²) in [7, 11) is 0. The van der Waals surface area contributed by atoms with Crippen LogP contribution in [0.1, 0.15) is 252 Å². The van der Waals surface area contributed by atoms with Crippen molar-refractivity contribution in [2.24, 2.45) is 0 Å². The summed E-state index contributed by atoms with van der Waals surface area (Å²) in [5.74, 6) is -0.961. The molecule has 0 bridgehead atoms. The molecule has 0 heterocycles. The molecule has 0 fully saturated rings. The molecule has 69 heavy (non-hydrogen) atoms. The molecule has 0 aromatic rings. The number of carbonyl (C=O) groups excluding carboxylic acids is 3. The van der Waals surface area contributed by atoms with Crippen LogP contribution in [0.3, 0.4) is 0 Å². The van der Waals surface area contributed by atoms with Gasteiger partial charge in [-0.3, -0.25) is 14.4 Å². The van der Waals surface area contributed by atoms with E-state index in [2.05, 4.69) is 130 Å². The largest absolute Gasteiger partial charge is 0.462 e. The first-order valence-corrected chi connectivity index (χ1v) is 28.4. The van der Waals surface area contributed by atoms with Crippen LogP contribution in [0.2, 0.25) is 0 Å². The zero-order chi connectivity index (χ0) is 50.0. The van der Waals surface area contributed by atoms with Gasteiger partial charge in [-0.2, -0.15) is 0 Å². The Morgan fingerprint density at radius 2 is 0.623 bits per heavy atom. The quantitative estimate of drug-likeness (QED) is 0.0199. The summed E-state index contributed by atoms with van der Waals surface area (Å²) in [6, 6.07) is 0. The van der Waals surface area contributed by atoms with Crippen molar-refractivity contribution in [2.75, 3.05) is 13.2 Å². The molecule has 1 atom stereocenters. The minimum atomic E-state index is -0.807. The Balaban J connectivity index is 4.51. The summed E-state index contributed by atoms with van der Waals surface area (Å²) < 4.78 is 16.8. The van der Waals surface area contributed by atoms with E-state index < -0.39 is 6.10 Å². The first-order chi connectivity index (χ1) is 34.0. The van der Waals surface area contributed by atoms with Crippen molar-refractivity contribution in [1.29, 1.82) is 0 Å². The molecular formula is C63H104O6. The van der Waals surface area contributed by atoms with Crippen LogP contribution in [-0.4, -0.2) is 37.2 Å². The van der Waals surface area contributed by atoms with E-state index >= 15 is 0 Å². The third kappa shape index (κ3) is 54.9. The number of carbonyl (C=O) groups is 3. The molecule has 6 heteroatoms. The highest BCUT2D eigenvalue weighted by atomic mass is 16.6. The van der Waals surface area contributed by atoms with Crippen LogP contribution in [0.25, 0.3) is 0 Å². The fourth-order valence-corrected chi connectivity index (χ4v) is 7.52. The fraction of sp³-hybridized carbons (Fsp3) is 0.667. The molecule has 0 aromatic carbocycles. The van der Waals surface area contributed by atoms with Crippen molar-refractivity contribution in [2.45, 2.75) is 258 Å². The number of unbranched alkanes of at least 4 members (excludes halogenated alkanes) is 23. The zero-order valence-electron chi connectivity index (χ0n) is 44.8. The van der Waals surface area contributed by atoms with Crippen LogP contribution in [0.5, 0.6) is 0 Å². The predicted octanol–water partition coefficient (Wildman–Crippen LogP) is 19.1. The Hall–Kier alpha value is -3.93. The normalized spacial score (nSPS) is 12.9. The average Bonchev–Trinajstić information content (AvgIpc) is 3.35. The van der Waals surface area contributed by atoms with E-state index in [4.69, 9.17) is 14.2 Å². The van der Waals surface area contributed by atoms with Crippen LogP contribution >= 0.6 is 0 Å². The van der Waals surface area contributed by atoms with E-state index in [-0.39, 0.29) is 31.1 Å². The highest BCUT2D eigenvalue weighted by molar-refractivity contribution is 5.71. The van der Waals surface area contributed by atoms with E-state index in [0.29, 0.717) is 19.3 Å². The molecule has 0 aliphatic carbocycles. The second-order valence-corrected chi connectivity index (χ2v) is 18.5. The Bertz CT molecular complexity index is 1420. The molecule has 0 rings (SSSR count). The van der Waals surface area contributed by atoms with Gasteiger partial charge in [0.05, 0.1) is 0 Å². The molecule has 0 N–H and O–H groups in total. The lowest BCUT2D eigenvalue weighted by molar-refractivity contribution is -0.167. The van der Waals surface area contributed by atoms with Gasteiger partial charge in [0.15, 0.2) is 6.10 Å². The number of ether oxygens (including phenoxy) is 3. The van der Waals surface area contributed by atoms with Crippen LogP contribution in [0.4, 0.5) is 0 Å². The third-order valence-electron chi connectivity index (χ3n) is 11.8. The van der Waals surface area contributed by atoms with Gasteiger partial charge in [0.1, 0.15) is 13.2 Å². The first-order valence-electron chi connectivity index (χ1n) is 28.4. The van der Waals surface area contributed by atoms with Crippen molar-refractivity contribution >= 4 is 17.9 Å². The maximum absolute atomic E-state index is 12.9. The predicted molar refractivity (Wildman–Crippen MR) is 297 cm³/mol. The lowest BCUT2D eigenvalue weighted by Gasteiger charge is -2.18. The molecule has 0 saturated heterocycles. The van der Waals surface area contributed by atoms with Crippen LogP contribution < -0.4 is 0 Å². The minimum Gasteiger partial charge on any atom is -0.462 e. The SMILES string of the molecule is CC/C=C\C/C=C\C/C=C\C/C=C\CCCCCC(=O)OCC(COC(=O)CCCCCCC\C=C/C=C\C=C/CCCCCCC)OC(=O)CCCCCCCCC/C=C\C/C=C\CCCCC. The van der Waals surface area contributed by atoms with Crippen molar-refractivity contribution in [3.05, 3.63) is 109 Å². The van der Waals surface area contributed by atoms with Gasteiger partial charge in [-0.25, -0.2) is 0 Å². The molecule has 0 spiro atoms. The maximum Gasteiger partial charge on any atom is 0.306 e. The fourth-order valence-electron chi connectivity index (χ4n) is 7.52. The molecule has 0 radical (unpaired) electrons. The molecule has 0 aliphatic heterocycles. The van der Waals surface area contributed by atoms with E-state index in [1.807, 2.05) is 0 Å². The number of hydrogen-bond acceptors (Lipinski definition) is 6. The maximum atomic E-state index is 12.9. The van der Waals surface area contributed by atoms with Gasteiger partial charge in [-0.15, -0.1) is 0 Å². The van der Waals surface area contributed by atoms with E-state index in [0.717, 1.165) is 128 Å². The van der Waals surface area contributed by atoms with Gasteiger partial charge in [0, 0.05) is 19.3 Å². The Kier molecular flexibility index (Phi) is 53.4. The lowest BCUT2D eigenvalue weighted by atomic mass is 10.1. The summed E-state index contributed by atoms with van der Waals surface area (Å²) in [5, 5.41) is 0. The van der Waals surface area contributed by atoms with Crippen molar-refractivity contribution in [3.8, 4) is 0 Å². The highest BCUT2D eigenvalue weighted by Crippen LogP contribution is 2.14. The molecule has 0 aliphatic rings. The Morgan fingerprint density at radius 3 is 1.04 bits per heavy atom. The summed E-state index contributed by atoms with van der Waals surface area (Å²) in [6.07, 6.45) is 76.4. The topological polar surface area (TPSA) is 78.9 Å².